The van der Waals surface area contributed by atoms with Crippen LogP contribution in [0.4, 0.5) is 0 Å². The van der Waals surface area contributed by atoms with E-state index in [9.17, 15) is 0 Å². The number of aromatic nitrogens is 2. The number of nitrogens with zero attached hydrogens (tertiary/aromatic N) is 2. The van der Waals surface area contributed by atoms with Gasteiger partial charge in [0.05, 0.1) is 0 Å². The van der Waals surface area contributed by atoms with Gasteiger partial charge in [-0.3, -0.25) is 9.97 Å². The van der Waals surface area contributed by atoms with Crippen LogP contribution in [0.2, 0.25) is 0 Å². The summed E-state index contributed by atoms with van der Waals surface area (Å²) in [5.41, 5.74) is 4.47. The van der Waals surface area contributed by atoms with Gasteiger partial charge in [-0.25, -0.2) is 0 Å². The summed E-state index contributed by atoms with van der Waals surface area (Å²) in [6.45, 7) is 20.0. The molecule has 0 aliphatic rings. The van der Waals surface area contributed by atoms with E-state index in [1.54, 1.807) is 0 Å². The van der Waals surface area contributed by atoms with Gasteiger partial charge in [-0.2, -0.15) is 0 Å². The largest absolute Gasteiger partial charge is 0.261 e. The number of aryl methyl sites for hydroxylation is 4. The minimum Gasteiger partial charge on any atom is -0.261 e. The molecular weight excluding hydrogens is 268 g/mol. The van der Waals surface area contributed by atoms with E-state index >= 15 is 0 Å². The molecule has 2 heterocycles. The van der Waals surface area contributed by atoms with Crippen molar-refractivity contribution in [2.75, 3.05) is 0 Å². The maximum absolute atomic E-state index is 4.17. The molecule has 0 saturated carbocycles. The summed E-state index contributed by atoms with van der Waals surface area (Å²) in [7, 11) is 0. The molecule has 2 nitrogen and oxygen atoms in total. The van der Waals surface area contributed by atoms with E-state index in [1.807, 2.05) is 99.7 Å². The fourth-order valence-electron chi connectivity index (χ4n) is 1.22. The number of hydrogen-bond donors (Lipinski definition) is 0. The third-order valence-electron chi connectivity index (χ3n) is 2.09. The van der Waals surface area contributed by atoms with Gasteiger partial charge in [0.2, 0.25) is 0 Å². The molecule has 0 unspecified atom stereocenters. The Kier molecular flexibility index (Phi) is 22.2. The van der Waals surface area contributed by atoms with Gasteiger partial charge in [-0.1, -0.05) is 53.7 Å². The summed E-state index contributed by atoms with van der Waals surface area (Å²) >= 11 is 0. The van der Waals surface area contributed by atoms with Crippen LogP contribution in [0.3, 0.4) is 0 Å². The van der Waals surface area contributed by atoms with Crippen molar-refractivity contribution in [2.24, 2.45) is 0 Å². The Hall–Kier alpha value is -1.70. The van der Waals surface area contributed by atoms with Gasteiger partial charge in [-0.05, 0) is 51.5 Å². The van der Waals surface area contributed by atoms with Crippen molar-refractivity contribution in [1.82, 2.24) is 9.97 Å². The quantitative estimate of drug-likeness (QED) is 0.557. The summed E-state index contributed by atoms with van der Waals surface area (Å²) in [5.74, 6) is 0. The number of hydrogen-bond acceptors (Lipinski definition) is 2. The molecule has 0 fully saturated rings. The van der Waals surface area contributed by atoms with E-state index in [4.69, 9.17) is 0 Å². The first kappa shape index (κ1) is 25.3. The van der Waals surface area contributed by atoms with E-state index in [2.05, 4.69) is 16.0 Å². The maximum Gasteiger partial charge on any atom is 0.0375 e. The molecule has 0 N–H and O–H groups in total. The molecule has 0 radical (unpaired) electrons. The fourth-order valence-corrected chi connectivity index (χ4v) is 1.22. The molecule has 0 aromatic carbocycles. The molecule has 0 spiro atoms. The molecule has 2 aromatic rings. The van der Waals surface area contributed by atoms with Gasteiger partial charge in [0.15, 0.2) is 0 Å². The van der Waals surface area contributed by atoms with Crippen molar-refractivity contribution in [2.45, 2.75) is 69.2 Å². The predicted molar refractivity (Wildman–Crippen MR) is 101 cm³/mol. The van der Waals surface area contributed by atoms with Gasteiger partial charge in [0.1, 0.15) is 0 Å². The summed E-state index contributed by atoms with van der Waals surface area (Å²) in [4.78, 5) is 8.25. The minimum atomic E-state index is 1.08. The Morgan fingerprint density at radius 2 is 1.05 bits per heavy atom. The summed E-state index contributed by atoms with van der Waals surface area (Å²) in [5, 5.41) is 0. The SMILES string of the molecule is CC.CC.CC.Cc1ccc(C)nc1.Cc1cccc(C)n1. The third kappa shape index (κ3) is 16.4. The zero-order chi connectivity index (χ0) is 18.0. The molecular formula is C20H36N2. The topological polar surface area (TPSA) is 25.8 Å². The molecule has 2 aromatic heterocycles. The zero-order valence-corrected chi connectivity index (χ0v) is 16.4. The van der Waals surface area contributed by atoms with Crippen LogP contribution >= 0.6 is 0 Å². The second kappa shape index (κ2) is 19.3. The lowest BCUT2D eigenvalue weighted by Crippen LogP contribution is -1.81. The van der Waals surface area contributed by atoms with Gasteiger partial charge in [0, 0.05) is 23.3 Å². The Morgan fingerprint density at radius 1 is 0.591 bits per heavy atom. The lowest BCUT2D eigenvalue weighted by atomic mass is 10.3. The van der Waals surface area contributed by atoms with Crippen LogP contribution in [0.1, 0.15) is 64.2 Å². The third-order valence-corrected chi connectivity index (χ3v) is 2.09. The highest BCUT2D eigenvalue weighted by Crippen LogP contribution is 1.95. The Labute approximate surface area is 139 Å². The molecule has 126 valence electrons. The first-order valence-corrected chi connectivity index (χ1v) is 8.37. The molecule has 2 rings (SSSR count). The van der Waals surface area contributed by atoms with Crippen molar-refractivity contribution in [1.29, 1.82) is 0 Å². The average molecular weight is 305 g/mol. The van der Waals surface area contributed by atoms with Crippen molar-refractivity contribution in [3.8, 4) is 0 Å². The number of pyridine rings is 2. The summed E-state index contributed by atoms with van der Waals surface area (Å²) in [6, 6.07) is 10.1. The predicted octanol–water partition coefficient (Wildman–Crippen LogP) is 6.48. The smallest absolute Gasteiger partial charge is 0.0375 e. The summed E-state index contributed by atoms with van der Waals surface area (Å²) < 4.78 is 0. The zero-order valence-electron chi connectivity index (χ0n) is 16.4. The molecule has 2 heteroatoms. The maximum atomic E-state index is 4.17. The van der Waals surface area contributed by atoms with Crippen LogP contribution < -0.4 is 0 Å². The van der Waals surface area contributed by atoms with Crippen LogP contribution in [0.5, 0.6) is 0 Å². The second-order valence-corrected chi connectivity index (χ2v) is 3.90. The highest BCUT2D eigenvalue weighted by atomic mass is 14.7. The van der Waals surface area contributed by atoms with Gasteiger partial charge < -0.3 is 0 Å². The second-order valence-electron chi connectivity index (χ2n) is 3.90. The average Bonchev–Trinajstić information content (AvgIpc) is 2.56. The van der Waals surface area contributed by atoms with E-state index in [-0.39, 0.29) is 0 Å². The van der Waals surface area contributed by atoms with Crippen LogP contribution in [-0.2, 0) is 0 Å². The minimum absolute atomic E-state index is 1.08. The highest BCUT2D eigenvalue weighted by Gasteiger charge is 1.82. The Morgan fingerprint density at radius 3 is 1.27 bits per heavy atom. The molecule has 0 bridgehead atoms. The molecule has 22 heavy (non-hydrogen) atoms. The van der Waals surface area contributed by atoms with Gasteiger partial charge in [0.25, 0.3) is 0 Å². The monoisotopic (exact) mass is 304 g/mol. The Balaban J connectivity index is -0.000000246. The van der Waals surface area contributed by atoms with Crippen molar-refractivity contribution in [3.05, 3.63) is 59.2 Å². The van der Waals surface area contributed by atoms with Crippen LogP contribution in [0.15, 0.2) is 36.5 Å². The molecule has 0 amide bonds. The molecule has 0 aliphatic carbocycles. The molecule has 0 atom stereocenters. The number of rotatable bonds is 0. The normalized spacial score (nSPS) is 7.55. The first-order valence-electron chi connectivity index (χ1n) is 8.37. The van der Waals surface area contributed by atoms with E-state index in [0.29, 0.717) is 0 Å². The lowest BCUT2D eigenvalue weighted by Gasteiger charge is -1.90. The lowest BCUT2D eigenvalue weighted by molar-refractivity contribution is 1.12. The van der Waals surface area contributed by atoms with Gasteiger partial charge >= 0.3 is 0 Å². The standard InChI is InChI=1S/2C7H9N.3C2H6/c1-6-3-4-7(2)8-5-6;1-6-4-3-5-7(2)8-6;3*1-2/h2*3-5H,1-2H3;3*1-2H3. The fraction of sp³-hybridized carbons (Fsp3) is 0.500. The van der Waals surface area contributed by atoms with Gasteiger partial charge in [-0.15, -0.1) is 0 Å². The highest BCUT2D eigenvalue weighted by molar-refractivity contribution is 5.10. The van der Waals surface area contributed by atoms with E-state index in [1.165, 1.54) is 5.56 Å². The Bertz CT molecular complexity index is 395. The van der Waals surface area contributed by atoms with Crippen LogP contribution in [0, 0.1) is 27.7 Å². The van der Waals surface area contributed by atoms with Crippen LogP contribution in [-0.4, -0.2) is 9.97 Å². The summed E-state index contributed by atoms with van der Waals surface area (Å²) in [6.07, 6.45) is 1.87. The van der Waals surface area contributed by atoms with Crippen LogP contribution in [0.25, 0.3) is 0 Å². The molecule has 0 saturated heterocycles. The van der Waals surface area contributed by atoms with Crippen molar-refractivity contribution in [3.63, 3.8) is 0 Å². The van der Waals surface area contributed by atoms with E-state index in [0.717, 1.165) is 17.1 Å². The van der Waals surface area contributed by atoms with Crippen molar-refractivity contribution >= 4 is 0 Å². The molecule has 0 aliphatic heterocycles. The van der Waals surface area contributed by atoms with E-state index < -0.39 is 0 Å². The first-order chi connectivity index (χ1) is 10.6. The van der Waals surface area contributed by atoms with Crippen molar-refractivity contribution < 1.29 is 0 Å².